The summed E-state index contributed by atoms with van der Waals surface area (Å²) in [4.78, 5) is 10.6. The molecule has 0 saturated heterocycles. The summed E-state index contributed by atoms with van der Waals surface area (Å²) in [6.07, 6.45) is 0. The summed E-state index contributed by atoms with van der Waals surface area (Å²) >= 11 is 6.01. The Morgan fingerprint density at radius 2 is 2.00 bits per heavy atom. The molecule has 5 heteroatoms. The van der Waals surface area contributed by atoms with Crippen LogP contribution in [-0.2, 0) is 13.1 Å². The third-order valence-corrected chi connectivity index (χ3v) is 2.81. The molecule has 2 rings (SSSR count). The van der Waals surface area contributed by atoms with Gasteiger partial charge in [0, 0.05) is 11.6 Å². The molecule has 0 amide bonds. The number of aromatic carboxylic acids is 1. The summed E-state index contributed by atoms with van der Waals surface area (Å²) in [5.41, 5.74) is 0.990. The fraction of sp³-hybridized carbons (Fsp3) is 0.154. The zero-order chi connectivity index (χ0) is 13.0. The SMILES string of the molecule is O=C(O)c1ccc(CNCc2ccccc2Cl)o1. The van der Waals surface area contributed by atoms with E-state index in [4.69, 9.17) is 21.1 Å². The van der Waals surface area contributed by atoms with E-state index in [0.717, 1.165) is 5.56 Å². The van der Waals surface area contributed by atoms with Crippen LogP contribution < -0.4 is 5.32 Å². The summed E-state index contributed by atoms with van der Waals surface area (Å²) in [5.74, 6) is -0.531. The molecule has 0 aliphatic rings. The first-order valence-electron chi connectivity index (χ1n) is 5.43. The van der Waals surface area contributed by atoms with Gasteiger partial charge in [-0.1, -0.05) is 29.8 Å². The van der Waals surface area contributed by atoms with Gasteiger partial charge in [0.15, 0.2) is 0 Å². The fourth-order valence-electron chi connectivity index (χ4n) is 1.55. The van der Waals surface area contributed by atoms with Crippen molar-refractivity contribution in [3.8, 4) is 0 Å². The van der Waals surface area contributed by atoms with Crippen LogP contribution in [0, 0.1) is 0 Å². The third kappa shape index (κ3) is 3.12. The van der Waals surface area contributed by atoms with Gasteiger partial charge in [-0.05, 0) is 23.8 Å². The second-order valence-corrected chi connectivity index (χ2v) is 4.17. The van der Waals surface area contributed by atoms with Crippen LogP contribution in [-0.4, -0.2) is 11.1 Å². The Morgan fingerprint density at radius 3 is 2.67 bits per heavy atom. The van der Waals surface area contributed by atoms with Crippen LogP contribution in [0.1, 0.15) is 21.9 Å². The van der Waals surface area contributed by atoms with Crippen molar-refractivity contribution in [3.05, 3.63) is 58.5 Å². The number of halogens is 1. The van der Waals surface area contributed by atoms with Gasteiger partial charge >= 0.3 is 5.97 Å². The van der Waals surface area contributed by atoms with E-state index < -0.39 is 5.97 Å². The smallest absolute Gasteiger partial charge is 0.371 e. The molecule has 1 aromatic heterocycles. The molecule has 18 heavy (non-hydrogen) atoms. The van der Waals surface area contributed by atoms with Crippen LogP contribution in [0.25, 0.3) is 0 Å². The van der Waals surface area contributed by atoms with Crippen LogP contribution in [0.2, 0.25) is 5.02 Å². The molecular formula is C13H12ClNO3. The Labute approximate surface area is 109 Å². The Hall–Kier alpha value is -1.78. The van der Waals surface area contributed by atoms with Crippen LogP contribution >= 0.6 is 11.6 Å². The predicted molar refractivity (Wildman–Crippen MR) is 67.7 cm³/mol. The number of furan rings is 1. The molecule has 1 heterocycles. The van der Waals surface area contributed by atoms with Gasteiger partial charge in [0.1, 0.15) is 5.76 Å². The van der Waals surface area contributed by atoms with Crippen LogP contribution in [0.3, 0.4) is 0 Å². The molecule has 0 saturated carbocycles. The van der Waals surface area contributed by atoms with E-state index in [2.05, 4.69) is 5.32 Å². The predicted octanol–water partition coefficient (Wildman–Crippen LogP) is 2.92. The van der Waals surface area contributed by atoms with Gasteiger partial charge in [0.25, 0.3) is 0 Å². The van der Waals surface area contributed by atoms with Gasteiger partial charge in [0.2, 0.25) is 5.76 Å². The van der Waals surface area contributed by atoms with Crippen LogP contribution in [0.4, 0.5) is 0 Å². The molecule has 0 spiro atoms. The Kier molecular flexibility index (Phi) is 4.02. The normalized spacial score (nSPS) is 10.5. The quantitative estimate of drug-likeness (QED) is 0.873. The zero-order valence-electron chi connectivity index (χ0n) is 9.52. The average molecular weight is 266 g/mol. The van der Waals surface area contributed by atoms with Crippen molar-refractivity contribution < 1.29 is 14.3 Å². The molecule has 0 aliphatic heterocycles. The second-order valence-electron chi connectivity index (χ2n) is 3.77. The monoisotopic (exact) mass is 265 g/mol. The highest BCUT2D eigenvalue weighted by molar-refractivity contribution is 6.31. The average Bonchev–Trinajstić information content (AvgIpc) is 2.80. The molecule has 0 radical (unpaired) electrons. The highest BCUT2D eigenvalue weighted by Gasteiger charge is 2.08. The number of nitrogens with one attached hydrogen (secondary N) is 1. The maximum atomic E-state index is 10.6. The molecule has 94 valence electrons. The van der Waals surface area contributed by atoms with E-state index in [1.807, 2.05) is 24.3 Å². The van der Waals surface area contributed by atoms with E-state index in [1.165, 1.54) is 6.07 Å². The fourth-order valence-corrected chi connectivity index (χ4v) is 1.75. The van der Waals surface area contributed by atoms with Crippen molar-refractivity contribution in [1.82, 2.24) is 5.32 Å². The van der Waals surface area contributed by atoms with Gasteiger partial charge in [0.05, 0.1) is 6.54 Å². The van der Waals surface area contributed by atoms with E-state index in [-0.39, 0.29) is 5.76 Å². The zero-order valence-corrected chi connectivity index (χ0v) is 10.3. The number of carboxylic acids is 1. The number of carbonyl (C=O) groups is 1. The Bertz CT molecular complexity index is 551. The number of rotatable bonds is 5. The number of carboxylic acid groups (broad SMARTS) is 1. The summed E-state index contributed by atoms with van der Waals surface area (Å²) < 4.78 is 5.12. The standard InChI is InChI=1S/C13H12ClNO3/c14-11-4-2-1-3-9(11)7-15-8-10-5-6-12(18-10)13(16)17/h1-6,15H,7-8H2,(H,16,17). The van der Waals surface area contributed by atoms with Gasteiger partial charge in [-0.15, -0.1) is 0 Å². The topological polar surface area (TPSA) is 62.5 Å². The van der Waals surface area contributed by atoms with Crippen LogP contribution in [0.5, 0.6) is 0 Å². The van der Waals surface area contributed by atoms with E-state index >= 15 is 0 Å². The first-order valence-corrected chi connectivity index (χ1v) is 5.81. The van der Waals surface area contributed by atoms with Crippen molar-refractivity contribution in [3.63, 3.8) is 0 Å². The molecule has 4 nitrogen and oxygen atoms in total. The van der Waals surface area contributed by atoms with Gasteiger partial charge in [-0.25, -0.2) is 4.79 Å². The van der Waals surface area contributed by atoms with Crippen molar-refractivity contribution in [1.29, 1.82) is 0 Å². The maximum Gasteiger partial charge on any atom is 0.371 e. The minimum atomic E-state index is -1.06. The first-order chi connectivity index (χ1) is 8.66. The molecule has 0 atom stereocenters. The molecular weight excluding hydrogens is 254 g/mol. The number of benzene rings is 1. The molecule has 0 fully saturated rings. The Morgan fingerprint density at radius 1 is 1.22 bits per heavy atom. The van der Waals surface area contributed by atoms with Crippen molar-refractivity contribution in [2.24, 2.45) is 0 Å². The molecule has 0 unspecified atom stereocenters. The summed E-state index contributed by atoms with van der Waals surface area (Å²) in [6, 6.07) is 10.6. The highest BCUT2D eigenvalue weighted by Crippen LogP contribution is 2.14. The maximum absolute atomic E-state index is 10.6. The lowest BCUT2D eigenvalue weighted by molar-refractivity contribution is 0.0660. The summed E-state index contributed by atoms with van der Waals surface area (Å²) in [6.45, 7) is 1.06. The number of hydrogen-bond donors (Lipinski definition) is 2. The van der Waals surface area contributed by atoms with Crippen molar-refractivity contribution >= 4 is 17.6 Å². The minimum Gasteiger partial charge on any atom is -0.475 e. The Balaban J connectivity index is 1.88. The van der Waals surface area contributed by atoms with E-state index in [1.54, 1.807) is 6.07 Å². The molecule has 2 N–H and O–H groups in total. The molecule has 1 aromatic carbocycles. The lowest BCUT2D eigenvalue weighted by Gasteiger charge is -2.04. The largest absolute Gasteiger partial charge is 0.475 e. The number of hydrogen-bond acceptors (Lipinski definition) is 3. The van der Waals surface area contributed by atoms with Crippen molar-refractivity contribution in [2.75, 3.05) is 0 Å². The first kappa shape index (κ1) is 12.7. The summed E-state index contributed by atoms with van der Waals surface area (Å²) in [7, 11) is 0. The lowest BCUT2D eigenvalue weighted by atomic mass is 10.2. The lowest BCUT2D eigenvalue weighted by Crippen LogP contribution is -2.12. The molecule has 0 bridgehead atoms. The molecule has 2 aromatic rings. The second kappa shape index (κ2) is 5.71. The van der Waals surface area contributed by atoms with Crippen LogP contribution in [0.15, 0.2) is 40.8 Å². The van der Waals surface area contributed by atoms with E-state index in [0.29, 0.717) is 23.9 Å². The van der Waals surface area contributed by atoms with Gasteiger partial charge in [-0.2, -0.15) is 0 Å². The van der Waals surface area contributed by atoms with Gasteiger partial charge in [-0.3, -0.25) is 0 Å². The van der Waals surface area contributed by atoms with Crippen molar-refractivity contribution in [2.45, 2.75) is 13.1 Å². The minimum absolute atomic E-state index is 0.0513. The third-order valence-electron chi connectivity index (χ3n) is 2.44. The van der Waals surface area contributed by atoms with Gasteiger partial charge < -0.3 is 14.8 Å². The highest BCUT2D eigenvalue weighted by atomic mass is 35.5. The van der Waals surface area contributed by atoms with E-state index in [9.17, 15) is 4.79 Å². The summed E-state index contributed by atoms with van der Waals surface area (Å²) in [5, 5.41) is 12.6. The molecule has 0 aliphatic carbocycles.